The molecule has 1 aliphatic rings. The van der Waals surface area contributed by atoms with Gasteiger partial charge in [-0.3, -0.25) is 9.79 Å². The topological polar surface area (TPSA) is 86.2 Å². The molecular weight excluding hydrogens is 526 g/mol. The molecule has 0 bridgehead atoms. The van der Waals surface area contributed by atoms with Crippen LogP contribution in [0.1, 0.15) is 35.9 Å². The third kappa shape index (κ3) is 7.33. The van der Waals surface area contributed by atoms with Crippen molar-refractivity contribution in [3.8, 4) is 5.75 Å². The lowest BCUT2D eigenvalue weighted by molar-refractivity contribution is -0.0605. The van der Waals surface area contributed by atoms with Crippen molar-refractivity contribution in [3.05, 3.63) is 65.5 Å². The monoisotopic (exact) mass is 556 g/mol. The van der Waals surface area contributed by atoms with Gasteiger partial charge < -0.3 is 25.4 Å². The Kier molecular flexibility index (Phi) is 10.2. The van der Waals surface area contributed by atoms with E-state index in [-0.39, 0.29) is 53.7 Å². The number of ether oxygens (including phenoxy) is 1. The zero-order valence-electron chi connectivity index (χ0n) is 18.3. The fraction of sp³-hybridized carbons (Fsp3) is 0.391. The number of morpholine rings is 1. The van der Waals surface area contributed by atoms with Crippen molar-refractivity contribution >= 4 is 35.8 Å². The highest BCUT2D eigenvalue weighted by Gasteiger charge is 2.28. The van der Waals surface area contributed by atoms with Gasteiger partial charge in [0.15, 0.2) is 5.96 Å². The molecule has 1 saturated heterocycles. The molecule has 174 valence electrons. The Morgan fingerprint density at radius 2 is 1.84 bits per heavy atom. The number of nitrogens with one attached hydrogen (secondary N) is 2. The van der Waals surface area contributed by atoms with Crippen LogP contribution in [0.2, 0.25) is 0 Å². The smallest absolute Gasteiger partial charge is 0.251 e. The van der Waals surface area contributed by atoms with E-state index in [2.05, 4.69) is 20.5 Å². The van der Waals surface area contributed by atoms with Gasteiger partial charge in [-0.05, 0) is 55.8 Å². The van der Waals surface area contributed by atoms with Gasteiger partial charge >= 0.3 is 0 Å². The fourth-order valence-electron chi connectivity index (χ4n) is 3.46. The minimum Gasteiger partial charge on any atom is -0.508 e. The van der Waals surface area contributed by atoms with Crippen LogP contribution in [-0.4, -0.2) is 60.7 Å². The van der Waals surface area contributed by atoms with Gasteiger partial charge in [0, 0.05) is 25.2 Å². The SMILES string of the molecule is CCNC(=NCCNC(=O)c1ccc(O)cc1)N1CC(C)OC(c2ccc(F)cc2)C1.I. The summed E-state index contributed by atoms with van der Waals surface area (Å²) < 4.78 is 19.3. The number of carbonyl (C=O) groups is 1. The van der Waals surface area contributed by atoms with Crippen LogP contribution in [0.3, 0.4) is 0 Å². The Hall–Kier alpha value is -2.40. The third-order valence-corrected chi connectivity index (χ3v) is 4.92. The van der Waals surface area contributed by atoms with Crippen molar-refractivity contribution in [1.82, 2.24) is 15.5 Å². The van der Waals surface area contributed by atoms with Gasteiger partial charge in [0.25, 0.3) is 5.91 Å². The number of nitrogens with zero attached hydrogens (tertiary/aromatic N) is 2. The fourth-order valence-corrected chi connectivity index (χ4v) is 3.46. The van der Waals surface area contributed by atoms with Crippen molar-refractivity contribution in [2.45, 2.75) is 26.1 Å². The molecule has 3 rings (SSSR count). The summed E-state index contributed by atoms with van der Waals surface area (Å²) in [7, 11) is 0. The molecule has 1 heterocycles. The Morgan fingerprint density at radius 1 is 1.16 bits per heavy atom. The molecule has 7 nitrogen and oxygen atoms in total. The summed E-state index contributed by atoms with van der Waals surface area (Å²) in [6, 6.07) is 12.5. The Balaban J connectivity index is 0.00000363. The minimum atomic E-state index is -0.270. The maximum atomic E-state index is 13.3. The maximum absolute atomic E-state index is 13.3. The molecule has 2 unspecified atom stereocenters. The van der Waals surface area contributed by atoms with E-state index in [1.165, 1.54) is 24.3 Å². The quantitative estimate of drug-likeness (QED) is 0.220. The Labute approximate surface area is 205 Å². The molecule has 2 atom stereocenters. The summed E-state index contributed by atoms with van der Waals surface area (Å²) in [4.78, 5) is 19.0. The number of guanidine groups is 1. The number of hydrogen-bond donors (Lipinski definition) is 3. The summed E-state index contributed by atoms with van der Waals surface area (Å²) in [5.41, 5.74) is 1.41. The second-order valence-corrected chi connectivity index (χ2v) is 7.43. The molecule has 0 saturated carbocycles. The number of phenols is 1. The number of aliphatic imine (C=N–C) groups is 1. The van der Waals surface area contributed by atoms with Crippen molar-refractivity contribution in [2.24, 2.45) is 4.99 Å². The van der Waals surface area contributed by atoms with Crippen LogP contribution in [0.4, 0.5) is 4.39 Å². The van der Waals surface area contributed by atoms with E-state index >= 15 is 0 Å². The Morgan fingerprint density at radius 3 is 2.50 bits per heavy atom. The lowest BCUT2D eigenvalue weighted by atomic mass is 10.1. The first-order chi connectivity index (χ1) is 15.0. The van der Waals surface area contributed by atoms with E-state index in [1.807, 2.05) is 13.8 Å². The highest BCUT2D eigenvalue weighted by atomic mass is 127. The minimum absolute atomic E-state index is 0. The van der Waals surface area contributed by atoms with Crippen LogP contribution in [-0.2, 0) is 4.74 Å². The normalized spacial score (nSPS) is 18.6. The van der Waals surface area contributed by atoms with E-state index in [0.29, 0.717) is 38.3 Å². The zero-order valence-corrected chi connectivity index (χ0v) is 20.6. The first-order valence-corrected chi connectivity index (χ1v) is 10.5. The van der Waals surface area contributed by atoms with Gasteiger partial charge in [-0.1, -0.05) is 12.1 Å². The largest absolute Gasteiger partial charge is 0.508 e. The summed E-state index contributed by atoms with van der Waals surface area (Å²) in [6.45, 7) is 6.80. The standard InChI is InChI=1S/C23H29FN4O3.HI/c1-3-25-23(27-13-12-26-22(30)18-6-10-20(29)11-7-18)28-14-16(2)31-21(15-28)17-4-8-19(24)9-5-17;/h4-11,16,21,29H,3,12-15H2,1-2H3,(H,25,27)(H,26,30);1H. The highest BCUT2D eigenvalue weighted by Crippen LogP contribution is 2.25. The summed E-state index contributed by atoms with van der Waals surface area (Å²) in [5, 5.41) is 15.5. The second-order valence-electron chi connectivity index (χ2n) is 7.43. The molecule has 0 spiro atoms. The molecule has 0 radical (unpaired) electrons. The van der Waals surface area contributed by atoms with Gasteiger partial charge in [-0.25, -0.2) is 4.39 Å². The average Bonchev–Trinajstić information content (AvgIpc) is 2.76. The molecule has 32 heavy (non-hydrogen) atoms. The zero-order chi connectivity index (χ0) is 22.2. The molecule has 0 aromatic heterocycles. The summed E-state index contributed by atoms with van der Waals surface area (Å²) >= 11 is 0. The number of amides is 1. The van der Waals surface area contributed by atoms with Crippen molar-refractivity contribution in [2.75, 3.05) is 32.7 Å². The van der Waals surface area contributed by atoms with Crippen LogP contribution in [0.25, 0.3) is 0 Å². The summed E-state index contributed by atoms with van der Waals surface area (Å²) in [6.07, 6.45) is -0.190. The molecule has 1 fully saturated rings. The molecule has 2 aromatic carbocycles. The van der Waals surface area contributed by atoms with Gasteiger partial charge in [0.2, 0.25) is 0 Å². The molecule has 1 amide bonds. The van der Waals surface area contributed by atoms with E-state index in [9.17, 15) is 14.3 Å². The van der Waals surface area contributed by atoms with Crippen molar-refractivity contribution in [1.29, 1.82) is 0 Å². The third-order valence-electron chi connectivity index (χ3n) is 4.92. The number of phenolic OH excluding ortho intramolecular Hbond substituents is 1. The molecule has 0 aliphatic carbocycles. The van der Waals surface area contributed by atoms with E-state index in [4.69, 9.17) is 4.74 Å². The lowest BCUT2D eigenvalue weighted by Gasteiger charge is -2.38. The van der Waals surface area contributed by atoms with Gasteiger partial charge in [0.1, 0.15) is 17.7 Å². The molecule has 3 N–H and O–H groups in total. The number of hydrogen-bond acceptors (Lipinski definition) is 4. The van der Waals surface area contributed by atoms with Gasteiger partial charge in [-0.15, -0.1) is 24.0 Å². The van der Waals surface area contributed by atoms with Crippen LogP contribution in [0.5, 0.6) is 5.75 Å². The van der Waals surface area contributed by atoms with Crippen LogP contribution >= 0.6 is 24.0 Å². The molecule has 2 aromatic rings. The number of rotatable bonds is 6. The second kappa shape index (κ2) is 12.6. The van der Waals surface area contributed by atoms with Crippen LogP contribution in [0, 0.1) is 5.82 Å². The number of aromatic hydroxyl groups is 1. The van der Waals surface area contributed by atoms with Crippen LogP contribution in [0.15, 0.2) is 53.5 Å². The van der Waals surface area contributed by atoms with Crippen molar-refractivity contribution in [3.63, 3.8) is 0 Å². The van der Waals surface area contributed by atoms with E-state index in [0.717, 1.165) is 11.5 Å². The van der Waals surface area contributed by atoms with Crippen LogP contribution < -0.4 is 10.6 Å². The predicted molar refractivity (Wildman–Crippen MR) is 133 cm³/mol. The average molecular weight is 556 g/mol. The molecule has 9 heteroatoms. The number of carbonyl (C=O) groups excluding carboxylic acids is 1. The Bertz CT molecular complexity index is 893. The number of benzene rings is 2. The van der Waals surface area contributed by atoms with Crippen molar-refractivity contribution < 1.29 is 19.0 Å². The maximum Gasteiger partial charge on any atom is 0.251 e. The summed E-state index contributed by atoms with van der Waals surface area (Å²) in [5.74, 6) is 0.393. The predicted octanol–water partition coefficient (Wildman–Crippen LogP) is 3.31. The molecule has 1 aliphatic heterocycles. The first-order valence-electron chi connectivity index (χ1n) is 10.5. The highest BCUT2D eigenvalue weighted by molar-refractivity contribution is 14.0. The van der Waals surface area contributed by atoms with E-state index in [1.54, 1.807) is 24.3 Å². The number of halogens is 2. The van der Waals surface area contributed by atoms with E-state index < -0.39 is 0 Å². The molecular formula is C23H30FIN4O3. The van der Waals surface area contributed by atoms with Gasteiger partial charge in [-0.2, -0.15) is 0 Å². The first kappa shape index (κ1) is 25.9. The van der Waals surface area contributed by atoms with Gasteiger partial charge in [0.05, 0.1) is 19.2 Å². The lowest BCUT2D eigenvalue weighted by Crippen LogP contribution is -2.51.